The Labute approximate surface area is 240 Å². The predicted molar refractivity (Wildman–Crippen MR) is 153 cm³/mol. The van der Waals surface area contributed by atoms with E-state index in [1.54, 1.807) is 6.07 Å². The summed E-state index contributed by atoms with van der Waals surface area (Å²) in [6.07, 6.45) is 2.18. The molecule has 0 saturated carbocycles. The molecule has 1 heterocycles. The maximum absolute atomic E-state index is 14.4. The molecule has 3 atom stereocenters. The van der Waals surface area contributed by atoms with E-state index in [1.807, 2.05) is 50.2 Å². The molecule has 0 fully saturated rings. The molecule has 3 aromatic rings. The minimum Gasteiger partial charge on any atom is -0.494 e. The van der Waals surface area contributed by atoms with Gasteiger partial charge < -0.3 is 18.9 Å². The minimum absolute atomic E-state index is 0.00463. The van der Waals surface area contributed by atoms with Crippen molar-refractivity contribution in [1.29, 1.82) is 0 Å². The smallest absolute Gasteiger partial charge is 0.306 e. The largest absolute Gasteiger partial charge is 0.494 e. The second kappa shape index (κ2) is 11.7. The van der Waals surface area contributed by atoms with Crippen LogP contribution in [0, 0.1) is 19.7 Å². The molecule has 9 heteroatoms. The van der Waals surface area contributed by atoms with E-state index in [4.69, 9.17) is 18.9 Å². The second-order valence-electron chi connectivity index (χ2n) is 11.0. The van der Waals surface area contributed by atoms with Gasteiger partial charge in [0.1, 0.15) is 39.0 Å². The van der Waals surface area contributed by atoms with Crippen molar-refractivity contribution in [3.8, 4) is 17.2 Å². The molecule has 0 aromatic heterocycles. The predicted octanol–water partition coefficient (Wildman–Crippen LogP) is 5.95. The van der Waals surface area contributed by atoms with Crippen molar-refractivity contribution in [2.45, 2.75) is 51.0 Å². The molecular weight excluding hydrogens is 547 g/mol. The normalized spacial score (nSPS) is 19.3. The van der Waals surface area contributed by atoms with E-state index in [0.29, 0.717) is 43.3 Å². The Morgan fingerprint density at radius 3 is 2.44 bits per heavy atom. The van der Waals surface area contributed by atoms with E-state index >= 15 is 0 Å². The number of methoxy groups -OCH3 is 1. The molecule has 0 radical (unpaired) electrons. The highest BCUT2D eigenvalue weighted by atomic mass is 32.2. The molecule has 0 amide bonds. The number of esters is 1. The summed E-state index contributed by atoms with van der Waals surface area (Å²) in [4.78, 5) is 11.8. The Balaban J connectivity index is 1.35. The van der Waals surface area contributed by atoms with E-state index in [0.717, 1.165) is 33.4 Å². The average molecular weight is 583 g/mol. The molecule has 1 aliphatic carbocycles. The number of carbonyl (C=O) groups excluding carboxylic acids is 1. The number of aryl methyl sites for hydroxylation is 2. The lowest BCUT2D eigenvalue weighted by Gasteiger charge is -2.20. The van der Waals surface area contributed by atoms with Crippen LogP contribution < -0.4 is 14.2 Å². The zero-order valence-corrected chi connectivity index (χ0v) is 24.6. The number of rotatable bonds is 10. The number of carbonyl (C=O) groups is 1. The van der Waals surface area contributed by atoms with E-state index in [-0.39, 0.29) is 41.9 Å². The lowest BCUT2D eigenvalue weighted by molar-refractivity contribution is -0.141. The summed E-state index contributed by atoms with van der Waals surface area (Å²) in [6.45, 7) is 4.79. The van der Waals surface area contributed by atoms with Gasteiger partial charge >= 0.3 is 5.97 Å². The molecule has 5 rings (SSSR count). The topological polar surface area (TPSA) is 88.1 Å². The molecular formula is C32H35FO7S. The summed E-state index contributed by atoms with van der Waals surface area (Å²) in [5.41, 5.74) is 6.04. The third-order valence-corrected chi connectivity index (χ3v) is 8.88. The molecule has 2 aliphatic rings. The Morgan fingerprint density at radius 1 is 1.00 bits per heavy atom. The summed E-state index contributed by atoms with van der Waals surface area (Å²) in [6, 6.07) is 14.5. The highest BCUT2D eigenvalue weighted by molar-refractivity contribution is 7.90. The van der Waals surface area contributed by atoms with Gasteiger partial charge in [-0.15, -0.1) is 0 Å². The minimum atomic E-state index is -3.03. The van der Waals surface area contributed by atoms with Crippen molar-refractivity contribution in [2.75, 3.05) is 32.3 Å². The lowest BCUT2D eigenvalue weighted by atomic mass is 9.86. The van der Waals surface area contributed by atoms with Gasteiger partial charge in [-0.05, 0) is 84.8 Å². The monoisotopic (exact) mass is 582 g/mol. The maximum Gasteiger partial charge on any atom is 0.306 e. The molecule has 0 bridgehead atoms. The van der Waals surface area contributed by atoms with Crippen molar-refractivity contribution < 1.29 is 36.6 Å². The van der Waals surface area contributed by atoms with Crippen molar-refractivity contribution in [3.63, 3.8) is 0 Å². The highest BCUT2D eigenvalue weighted by Crippen LogP contribution is 2.49. The van der Waals surface area contributed by atoms with Gasteiger partial charge in [0.05, 0.1) is 32.5 Å². The summed E-state index contributed by atoms with van der Waals surface area (Å²) >= 11 is 0. The van der Waals surface area contributed by atoms with Crippen molar-refractivity contribution in [2.24, 2.45) is 0 Å². The first-order chi connectivity index (χ1) is 19.5. The summed E-state index contributed by atoms with van der Waals surface area (Å²) < 4.78 is 60.2. The van der Waals surface area contributed by atoms with Crippen molar-refractivity contribution >= 4 is 15.8 Å². The fourth-order valence-corrected chi connectivity index (χ4v) is 6.66. The molecule has 1 aliphatic heterocycles. The van der Waals surface area contributed by atoms with E-state index in [2.05, 4.69) is 0 Å². The van der Waals surface area contributed by atoms with Gasteiger partial charge in [-0.25, -0.2) is 12.8 Å². The molecule has 218 valence electrons. The first-order valence-electron chi connectivity index (χ1n) is 13.7. The molecule has 3 aromatic carbocycles. The number of hydrogen-bond acceptors (Lipinski definition) is 7. The number of sulfone groups is 1. The SMILES string of the molecule is COC(=O)C[C@@H]1COc2cc(O[C@@H]3C[C@@H](c4c(C)cc(OCCCS(C)(=O)=O)cc4C)c4ccc(F)cc43)ccc21. The van der Waals surface area contributed by atoms with Crippen LogP contribution in [0.1, 0.15) is 70.6 Å². The number of fused-ring (bicyclic) bond motifs is 2. The molecule has 0 spiro atoms. The van der Waals surface area contributed by atoms with Gasteiger partial charge in [-0.3, -0.25) is 4.79 Å². The molecule has 0 unspecified atom stereocenters. The fraction of sp³-hybridized carbons (Fsp3) is 0.406. The zero-order chi connectivity index (χ0) is 29.3. The van der Waals surface area contributed by atoms with Crippen LogP contribution in [0.4, 0.5) is 4.39 Å². The van der Waals surface area contributed by atoms with Gasteiger partial charge in [0.25, 0.3) is 0 Å². The molecule has 41 heavy (non-hydrogen) atoms. The number of benzene rings is 3. The highest BCUT2D eigenvalue weighted by Gasteiger charge is 2.36. The van der Waals surface area contributed by atoms with Crippen LogP contribution in [0.5, 0.6) is 17.2 Å². The van der Waals surface area contributed by atoms with E-state index in [1.165, 1.54) is 19.4 Å². The van der Waals surface area contributed by atoms with Gasteiger partial charge in [0.15, 0.2) is 0 Å². The van der Waals surface area contributed by atoms with Gasteiger partial charge in [0.2, 0.25) is 0 Å². The standard InChI is InChI=1S/C32H35FO7S/c1-19-12-24(38-10-5-11-41(4,35)36)13-20(2)32(19)28-17-30(27-15-22(33)6-8-26(27)28)40-23-7-9-25-21(14-31(34)37-3)18-39-29(25)16-23/h6-9,12-13,15-16,21,28,30H,5,10-11,14,17-18H2,1-4H3/t21-,28-,30-/m1/s1. The van der Waals surface area contributed by atoms with Crippen LogP contribution >= 0.6 is 0 Å². The quantitative estimate of drug-likeness (QED) is 0.216. The van der Waals surface area contributed by atoms with E-state index in [9.17, 15) is 17.6 Å². The first kappa shape index (κ1) is 28.9. The van der Waals surface area contributed by atoms with E-state index < -0.39 is 9.84 Å². The first-order valence-corrected chi connectivity index (χ1v) is 15.8. The molecule has 0 saturated heterocycles. The second-order valence-corrected chi connectivity index (χ2v) is 13.2. The molecule has 7 nitrogen and oxygen atoms in total. The number of hydrogen-bond donors (Lipinski definition) is 0. The lowest BCUT2D eigenvalue weighted by Crippen LogP contribution is -2.09. The van der Waals surface area contributed by atoms with Crippen LogP contribution in [-0.4, -0.2) is 46.7 Å². The van der Waals surface area contributed by atoms with Gasteiger partial charge in [-0.1, -0.05) is 12.1 Å². The van der Waals surface area contributed by atoms with Crippen LogP contribution in [0.25, 0.3) is 0 Å². The average Bonchev–Trinajstić information content (AvgIpc) is 3.46. The summed E-state index contributed by atoms with van der Waals surface area (Å²) in [5, 5.41) is 0. The van der Waals surface area contributed by atoms with Crippen LogP contribution in [0.15, 0.2) is 48.5 Å². The third kappa shape index (κ3) is 6.50. The number of halogens is 1. The number of ether oxygens (including phenoxy) is 4. The van der Waals surface area contributed by atoms with Crippen LogP contribution in [0.3, 0.4) is 0 Å². The Hall–Kier alpha value is -3.59. The van der Waals surface area contributed by atoms with Crippen LogP contribution in [-0.2, 0) is 19.4 Å². The maximum atomic E-state index is 14.4. The Morgan fingerprint density at radius 2 is 1.73 bits per heavy atom. The molecule has 0 N–H and O–H groups in total. The third-order valence-electron chi connectivity index (χ3n) is 7.85. The summed E-state index contributed by atoms with van der Waals surface area (Å²) in [7, 11) is -1.65. The van der Waals surface area contributed by atoms with Gasteiger partial charge in [0, 0.05) is 29.7 Å². The van der Waals surface area contributed by atoms with Crippen LogP contribution in [0.2, 0.25) is 0 Å². The van der Waals surface area contributed by atoms with Crippen molar-refractivity contribution in [3.05, 3.63) is 87.7 Å². The van der Waals surface area contributed by atoms with Gasteiger partial charge in [-0.2, -0.15) is 0 Å². The Kier molecular flexibility index (Phi) is 8.27. The van der Waals surface area contributed by atoms with Crippen molar-refractivity contribution in [1.82, 2.24) is 0 Å². The zero-order valence-electron chi connectivity index (χ0n) is 23.7. The Bertz CT molecular complexity index is 1540. The summed E-state index contributed by atoms with van der Waals surface area (Å²) in [5.74, 6) is 1.45. The fourth-order valence-electron chi connectivity index (χ4n) is 6.02.